The van der Waals surface area contributed by atoms with Crippen LogP contribution < -0.4 is 0 Å². The van der Waals surface area contributed by atoms with Crippen LogP contribution in [0.1, 0.15) is 29.7 Å². The Kier molecular flexibility index (Phi) is 4.51. The van der Waals surface area contributed by atoms with Gasteiger partial charge in [-0.3, -0.25) is 15.5 Å². The van der Waals surface area contributed by atoms with E-state index in [1.54, 1.807) is 31.2 Å². The zero-order valence-corrected chi connectivity index (χ0v) is 17.2. The van der Waals surface area contributed by atoms with Crippen molar-refractivity contribution in [3.05, 3.63) is 75.3 Å². The lowest BCUT2D eigenvalue weighted by molar-refractivity contribution is -0.387. The molecule has 4 unspecified atom stereocenters. The van der Waals surface area contributed by atoms with E-state index in [2.05, 4.69) is 0 Å². The minimum Gasteiger partial charge on any atom is -0.443 e. The number of rotatable bonds is 3. The van der Waals surface area contributed by atoms with Crippen molar-refractivity contribution in [2.24, 2.45) is 16.7 Å². The summed E-state index contributed by atoms with van der Waals surface area (Å²) in [6.45, 7) is 3.47. The summed E-state index contributed by atoms with van der Waals surface area (Å²) in [5.74, 6) is -3.20. The highest BCUT2D eigenvalue weighted by Gasteiger charge is 2.80. The van der Waals surface area contributed by atoms with Crippen molar-refractivity contribution >= 4 is 11.6 Å². The molecule has 0 radical (unpaired) electrons. The van der Waals surface area contributed by atoms with Crippen LogP contribution in [0.3, 0.4) is 0 Å². The van der Waals surface area contributed by atoms with E-state index in [1.165, 1.54) is 24.3 Å². The fraction of sp³-hybridized carbons (Fsp3) is 0.304. The molecule has 9 nitrogen and oxygen atoms in total. The molecule has 32 heavy (non-hydrogen) atoms. The summed E-state index contributed by atoms with van der Waals surface area (Å²) in [6.07, 6.45) is -1.53. The van der Waals surface area contributed by atoms with Crippen molar-refractivity contribution in [1.29, 1.82) is 21.2 Å². The molecule has 0 aliphatic carbocycles. The molecule has 1 N–H and O–H groups in total. The summed E-state index contributed by atoms with van der Waals surface area (Å²) in [5.41, 5.74) is -3.26. The molecule has 2 aliphatic heterocycles. The number of nitro benzene ring substituents is 1. The largest absolute Gasteiger partial charge is 0.443 e. The van der Waals surface area contributed by atoms with Crippen molar-refractivity contribution in [1.82, 2.24) is 0 Å². The van der Waals surface area contributed by atoms with Gasteiger partial charge in [0.2, 0.25) is 17.1 Å². The van der Waals surface area contributed by atoms with Gasteiger partial charge in [-0.2, -0.15) is 15.8 Å². The van der Waals surface area contributed by atoms with E-state index >= 15 is 0 Å². The Bertz CT molecular complexity index is 1260. The molecular weight excluding hydrogens is 410 g/mol. The summed E-state index contributed by atoms with van der Waals surface area (Å²) >= 11 is 0. The Balaban J connectivity index is 2.08. The molecule has 9 heteroatoms. The minimum absolute atomic E-state index is 0.0399. The third kappa shape index (κ3) is 2.30. The standard InChI is InChI=1S/C23H17N5O4/c1-14-7-9-16(10-8-14)23-15(2)22(13-26,20(27)32-23)21(11-24,12-25)19(31-23)17-5-3-4-6-18(17)28(29)30/h3-10,15,19,27H,1-2H3. The summed E-state index contributed by atoms with van der Waals surface area (Å²) in [5, 5.41) is 51.0. The lowest BCUT2D eigenvalue weighted by atomic mass is 9.53. The number of para-hydroxylation sites is 1. The van der Waals surface area contributed by atoms with Gasteiger partial charge in [0.05, 0.1) is 34.6 Å². The van der Waals surface area contributed by atoms with Crippen molar-refractivity contribution in [3.8, 4) is 18.2 Å². The molecule has 2 aromatic carbocycles. The first kappa shape index (κ1) is 21.0. The third-order valence-corrected chi connectivity index (χ3v) is 6.54. The average Bonchev–Trinajstić information content (AvgIpc) is 2.95. The van der Waals surface area contributed by atoms with Crippen LogP contribution in [0.2, 0.25) is 0 Å². The Hall–Kier alpha value is -4.26. The van der Waals surface area contributed by atoms with Gasteiger partial charge in [0.25, 0.3) is 5.69 Å². The van der Waals surface area contributed by atoms with Crippen LogP contribution in [0.4, 0.5) is 5.69 Å². The Morgan fingerprint density at radius 1 is 1.06 bits per heavy atom. The molecule has 2 bridgehead atoms. The minimum atomic E-state index is -2.27. The van der Waals surface area contributed by atoms with Gasteiger partial charge in [-0.25, -0.2) is 0 Å². The van der Waals surface area contributed by atoms with E-state index in [0.717, 1.165) is 5.56 Å². The number of hydrogen-bond acceptors (Lipinski definition) is 8. The Morgan fingerprint density at radius 2 is 1.69 bits per heavy atom. The van der Waals surface area contributed by atoms with Gasteiger partial charge >= 0.3 is 0 Å². The van der Waals surface area contributed by atoms with Crippen molar-refractivity contribution in [2.45, 2.75) is 25.7 Å². The number of benzene rings is 2. The molecular formula is C23H17N5O4. The van der Waals surface area contributed by atoms with Crippen molar-refractivity contribution in [2.75, 3.05) is 0 Å². The molecule has 0 aromatic heterocycles. The van der Waals surface area contributed by atoms with E-state index in [4.69, 9.17) is 14.9 Å². The Morgan fingerprint density at radius 3 is 2.25 bits per heavy atom. The predicted octanol–water partition coefficient (Wildman–Crippen LogP) is 4.01. The van der Waals surface area contributed by atoms with Crippen LogP contribution in [0.25, 0.3) is 0 Å². The normalized spacial score (nSPS) is 29.8. The Labute approximate surface area is 183 Å². The highest BCUT2D eigenvalue weighted by molar-refractivity contribution is 5.89. The number of hydrogen-bond donors (Lipinski definition) is 1. The maximum Gasteiger partial charge on any atom is 0.275 e. The van der Waals surface area contributed by atoms with Crippen molar-refractivity contribution in [3.63, 3.8) is 0 Å². The summed E-state index contributed by atoms with van der Waals surface area (Å²) in [6, 6.07) is 18.4. The van der Waals surface area contributed by atoms with Crippen LogP contribution in [-0.2, 0) is 15.3 Å². The quantitative estimate of drug-likeness (QED) is 0.572. The van der Waals surface area contributed by atoms with Crippen LogP contribution in [0.15, 0.2) is 48.5 Å². The highest BCUT2D eigenvalue weighted by Crippen LogP contribution is 2.69. The van der Waals surface area contributed by atoms with E-state index in [1.807, 2.05) is 25.1 Å². The predicted molar refractivity (Wildman–Crippen MR) is 109 cm³/mol. The molecule has 2 aromatic rings. The van der Waals surface area contributed by atoms with E-state index in [0.29, 0.717) is 5.56 Å². The molecule has 2 heterocycles. The van der Waals surface area contributed by atoms with Gasteiger partial charge in [0, 0.05) is 11.6 Å². The number of nitrogens with one attached hydrogen (secondary N) is 1. The highest BCUT2D eigenvalue weighted by atomic mass is 16.7. The zero-order valence-electron chi connectivity index (χ0n) is 17.2. The van der Waals surface area contributed by atoms with E-state index in [-0.39, 0.29) is 11.3 Å². The fourth-order valence-electron chi connectivity index (χ4n) is 4.81. The topological polar surface area (TPSA) is 157 Å². The lowest BCUT2D eigenvalue weighted by Crippen LogP contribution is -2.57. The SMILES string of the molecule is Cc1ccc(C23OC(=N)C(C#N)(C2C)C(C#N)(C#N)C(c2ccccc2[N+](=O)[O-])O3)cc1. The molecule has 2 aliphatic rings. The molecule has 4 atom stereocenters. The molecule has 4 rings (SSSR count). The lowest BCUT2D eigenvalue weighted by Gasteiger charge is -2.48. The molecule has 0 saturated carbocycles. The third-order valence-electron chi connectivity index (χ3n) is 6.54. The fourth-order valence-corrected chi connectivity index (χ4v) is 4.81. The number of nitro groups is 1. The smallest absolute Gasteiger partial charge is 0.275 e. The van der Waals surface area contributed by atoms with Crippen LogP contribution in [0, 0.1) is 73.2 Å². The average molecular weight is 427 g/mol. The maximum absolute atomic E-state index is 11.7. The van der Waals surface area contributed by atoms with Crippen molar-refractivity contribution < 1.29 is 14.4 Å². The second-order valence-electron chi connectivity index (χ2n) is 7.95. The van der Waals surface area contributed by atoms with Crippen LogP contribution in [0.5, 0.6) is 0 Å². The molecule has 2 fully saturated rings. The molecule has 0 spiro atoms. The first-order valence-corrected chi connectivity index (χ1v) is 9.74. The van der Waals surface area contributed by atoms with Gasteiger partial charge in [-0.15, -0.1) is 0 Å². The number of aryl methyl sites for hydroxylation is 1. The second-order valence-corrected chi connectivity index (χ2v) is 7.95. The van der Waals surface area contributed by atoms with Gasteiger partial charge in [-0.1, -0.05) is 48.9 Å². The monoisotopic (exact) mass is 427 g/mol. The van der Waals surface area contributed by atoms with Gasteiger partial charge in [0.15, 0.2) is 5.41 Å². The van der Waals surface area contributed by atoms with Crippen LogP contribution in [-0.4, -0.2) is 10.8 Å². The molecule has 2 saturated heterocycles. The number of nitriles is 3. The maximum atomic E-state index is 11.7. The summed E-state index contributed by atoms with van der Waals surface area (Å²) in [7, 11) is 0. The summed E-state index contributed by atoms with van der Waals surface area (Å²) in [4.78, 5) is 11.1. The molecule has 158 valence electrons. The van der Waals surface area contributed by atoms with Gasteiger partial charge < -0.3 is 9.47 Å². The summed E-state index contributed by atoms with van der Waals surface area (Å²) < 4.78 is 12.2. The second kappa shape index (κ2) is 6.88. The first-order chi connectivity index (χ1) is 15.2. The number of nitrogens with zero attached hydrogens (tertiary/aromatic N) is 4. The van der Waals surface area contributed by atoms with E-state index in [9.17, 15) is 25.9 Å². The van der Waals surface area contributed by atoms with E-state index < -0.39 is 39.5 Å². The number of ether oxygens (including phenoxy) is 2. The number of fused-ring (bicyclic) bond motifs is 2. The molecule has 0 amide bonds. The van der Waals surface area contributed by atoms with Gasteiger partial charge in [-0.05, 0) is 13.0 Å². The van der Waals surface area contributed by atoms with Crippen LogP contribution >= 0.6 is 0 Å². The first-order valence-electron chi connectivity index (χ1n) is 9.74. The van der Waals surface area contributed by atoms with Gasteiger partial charge in [0.1, 0.15) is 6.10 Å². The zero-order chi connectivity index (χ0) is 23.3.